The lowest BCUT2D eigenvalue weighted by atomic mass is 9.88. The number of carboxylic acids is 1. The van der Waals surface area contributed by atoms with Crippen molar-refractivity contribution in [3.05, 3.63) is 77.2 Å². The predicted molar refractivity (Wildman–Crippen MR) is 113 cm³/mol. The number of aromatic nitrogens is 2. The second kappa shape index (κ2) is 9.42. The molecule has 0 saturated carbocycles. The molecule has 162 valence electrons. The topological polar surface area (TPSA) is 93.5 Å². The Kier molecular flexibility index (Phi) is 6.69. The molecule has 0 radical (unpaired) electrons. The minimum absolute atomic E-state index is 0.0149. The predicted octanol–water partition coefficient (Wildman–Crippen LogP) is 3.91. The van der Waals surface area contributed by atoms with Crippen LogP contribution >= 0.6 is 0 Å². The zero-order valence-electron chi connectivity index (χ0n) is 17.5. The fourth-order valence-corrected chi connectivity index (χ4v) is 3.52. The van der Waals surface area contributed by atoms with Crippen LogP contribution in [0, 0.1) is 18.7 Å². The molecule has 0 spiro atoms. The summed E-state index contributed by atoms with van der Waals surface area (Å²) in [4.78, 5) is 24.9. The quantitative estimate of drug-likeness (QED) is 0.571. The molecule has 2 aromatic carbocycles. The molecule has 7 nitrogen and oxygen atoms in total. The first-order valence-electron chi connectivity index (χ1n) is 9.85. The lowest BCUT2D eigenvalue weighted by Crippen LogP contribution is -2.37. The van der Waals surface area contributed by atoms with Crippen LogP contribution in [0.2, 0.25) is 0 Å². The Balaban J connectivity index is 1.98. The summed E-state index contributed by atoms with van der Waals surface area (Å²) >= 11 is 0. The molecule has 3 rings (SSSR count). The first-order valence-corrected chi connectivity index (χ1v) is 9.85. The average Bonchev–Trinajstić information content (AvgIpc) is 3.18. The summed E-state index contributed by atoms with van der Waals surface area (Å²) in [5, 5.41) is 16.7. The van der Waals surface area contributed by atoms with E-state index in [1.165, 1.54) is 30.0 Å². The van der Waals surface area contributed by atoms with Crippen LogP contribution in [0.15, 0.2) is 54.6 Å². The third-order valence-electron chi connectivity index (χ3n) is 5.17. The maximum absolute atomic E-state index is 14.2. The van der Waals surface area contributed by atoms with Gasteiger partial charge < -0.3 is 15.2 Å². The lowest BCUT2D eigenvalue weighted by Gasteiger charge is -2.25. The van der Waals surface area contributed by atoms with E-state index in [9.17, 15) is 19.1 Å². The van der Waals surface area contributed by atoms with Crippen LogP contribution < -0.4 is 10.1 Å². The molecule has 0 aliphatic carbocycles. The van der Waals surface area contributed by atoms with Crippen LogP contribution in [-0.2, 0) is 4.79 Å². The molecular formula is C23H24FN3O4. The summed E-state index contributed by atoms with van der Waals surface area (Å²) in [7, 11) is 1.39. The number of para-hydroxylation sites is 1. The van der Waals surface area contributed by atoms with Crippen molar-refractivity contribution in [3.8, 4) is 11.6 Å². The van der Waals surface area contributed by atoms with Gasteiger partial charge in [0.2, 0.25) is 5.88 Å². The average molecular weight is 425 g/mol. The number of rotatable bonds is 8. The Morgan fingerprint density at radius 2 is 1.87 bits per heavy atom. The number of hydrogen-bond acceptors (Lipinski definition) is 4. The van der Waals surface area contributed by atoms with E-state index < -0.39 is 29.7 Å². The van der Waals surface area contributed by atoms with E-state index in [1.54, 1.807) is 31.2 Å². The second-order valence-electron chi connectivity index (χ2n) is 7.10. The largest absolute Gasteiger partial charge is 0.481 e. The molecule has 31 heavy (non-hydrogen) atoms. The minimum atomic E-state index is -1.01. The number of carbonyl (C=O) groups is 2. The highest BCUT2D eigenvalue weighted by atomic mass is 19.1. The Hall–Kier alpha value is -3.68. The summed E-state index contributed by atoms with van der Waals surface area (Å²) < 4.78 is 20.7. The Morgan fingerprint density at radius 1 is 1.19 bits per heavy atom. The van der Waals surface area contributed by atoms with E-state index in [0.717, 1.165) is 5.56 Å². The van der Waals surface area contributed by atoms with Crippen molar-refractivity contribution in [1.82, 2.24) is 15.1 Å². The van der Waals surface area contributed by atoms with Crippen LogP contribution in [0.3, 0.4) is 0 Å². The summed E-state index contributed by atoms with van der Waals surface area (Å²) in [6.07, 6.45) is 0.321. The lowest BCUT2D eigenvalue weighted by molar-refractivity contribution is -0.142. The number of benzene rings is 2. The van der Waals surface area contributed by atoms with Gasteiger partial charge >= 0.3 is 5.97 Å². The molecule has 0 aliphatic heterocycles. The monoisotopic (exact) mass is 425 g/mol. The molecule has 1 amide bonds. The van der Waals surface area contributed by atoms with E-state index in [1.807, 2.05) is 19.1 Å². The smallest absolute Gasteiger partial charge is 0.308 e. The minimum Gasteiger partial charge on any atom is -0.481 e. The normalized spacial score (nSPS) is 12.8. The van der Waals surface area contributed by atoms with Crippen molar-refractivity contribution in [2.75, 3.05) is 7.11 Å². The van der Waals surface area contributed by atoms with Gasteiger partial charge in [-0.25, -0.2) is 4.39 Å². The van der Waals surface area contributed by atoms with E-state index in [-0.39, 0.29) is 17.3 Å². The van der Waals surface area contributed by atoms with E-state index in [2.05, 4.69) is 10.4 Å². The standard InChI is InChI=1S/C23H24FN3O4/c1-4-15(23(29)30)21(16-10-6-5-9-14(16)2)25-22(28)18-13-20(31-3)27(26-18)19-12-8-7-11-17(19)24/h5-13,15,21H,4H2,1-3H3,(H,25,28)(H,29,30)/t15-,21?/m0/s1. The maximum atomic E-state index is 14.2. The van der Waals surface area contributed by atoms with Gasteiger partial charge in [-0.2, -0.15) is 9.78 Å². The van der Waals surface area contributed by atoms with Gasteiger partial charge in [0.15, 0.2) is 5.69 Å². The Morgan fingerprint density at radius 3 is 2.48 bits per heavy atom. The maximum Gasteiger partial charge on any atom is 0.308 e. The number of methoxy groups -OCH3 is 1. The summed E-state index contributed by atoms with van der Waals surface area (Å²) in [5.41, 5.74) is 1.69. The van der Waals surface area contributed by atoms with E-state index in [4.69, 9.17) is 4.74 Å². The number of aryl methyl sites for hydroxylation is 1. The first-order chi connectivity index (χ1) is 14.9. The van der Waals surface area contributed by atoms with Crippen molar-refractivity contribution >= 4 is 11.9 Å². The highest BCUT2D eigenvalue weighted by Crippen LogP contribution is 2.29. The molecule has 0 saturated heterocycles. The van der Waals surface area contributed by atoms with Gasteiger partial charge in [-0.05, 0) is 36.6 Å². The molecule has 8 heteroatoms. The van der Waals surface area contributed by atoms with E-state index >= 15 is 0 Å². The second-order valence-corrected chi connectivity index (χ2v) is 7.10. The third kappa shape index (κ3) is 4.58. The van der Waals surface area contributed by atoms with Crippen molar-refractivity contribution in [2.45, 2.75) is 26.3 Å². The van der Waals surface area contributed by atoms with Gasteiger partial charge in [-0.1, -0.05) is 43.3 Å². The number of nitrogens with zero attached hydrogens (tertiary/aromatic N) is 2. The molecule has 2 N–H and O–H groups in total. The number of ether oxygens (including phenoxy) is 1. The highest BCUT2D eigenvalue weighted by Gasteiger charge is 2.31. The van der Waals surface area contributed by atoms with Crippen molar-refractivity contribution < 1.29 is 23.8 Å². The fraction of sp³-hybridized carbons (Fsp3) is 0.261. The van der Waals surface area contributed by atoms with Crippen LogP contribution in [0.4, 0.5) is 4.39 Å². The number of hydrogen-bond donors (Lipinski definition) is 2. The molecule has 0 fully saturated rings. The van der Waals surface area contributed by atoms with Gasteiger partial charge in [-0.15, -0.1) is 0 Å². The first kappa shape index (κ1) is 22.0. The SMILES string of the molecule is CC[C@H](C(=O)O)C(NC(=O)c1cc(OC)n(-c2ccccc2F)n1)c1ccccc1C. The molecule has 2 atom stereocenters. The van der Waals surface area contributed by atoms with Crippen LogP contribution in [0.5, 0.6) is 5.88 Å². The molecule has 3 aromatic rings. The molecule has 1 unspecified atom stereocenters. The zero-order valence-corrected chi connectivity index (χ0v) is 17.5. The van der Waals surface area contributed by atoms with Gasteiger partial charge in [0, 0.05) is 6.07 Å². The number of halogens is 1. The van der Waals surface area contributed by atoms with Gasteiger partial charge in [-0.3, -0.25) is 9.59 Å². The van der Waals surface area contributed by atoms with Gasteiger partial charge in [0.05, 0.1) is 19.1 Å². The number of carboxylic acid groups (broad SMARTS) is 1. The van der Waals surface area contributed by atoms with Crippen LogP contribution in [0.25, 0.3) is 5.69 Å². The van der Waals surface area contributed by atoms with Gasteiger partial charge in [0.1, 0.15) is 11.5 Å². The number of nitrogens with one attached hydrogen (secondary N) is 1. The highest BCUT2D eigenvalue weighted by molar-refractivity contribution is 5.93. The molecule has 1 aromatic heterocycles. The van der Waals surface area contributed by atoms with Crippen molar-refractivity contribution in [2.24, 2.45) is 5.92 Å². The van der Waals surface area contributed by atoms with Crippen LogP contribution in [-0.4, -0.2) is 33.9 Å². The molecule has 1 heterocycles. The number of carbonyl (C=O) groups excluding carboxylic acids is 1. The molecule has 0 aliphatic rings. The zero-order chi connectivity index (χ0) is 22.5. The summed E-state index contributed by atoms with van der Waals surface area (Å²) in [6, 6.07) is 13.9. The summed E-state index contributed by atoms with van der Waals surface area (Å²) in [5.74, 6) is -2.77. The van der Waals surface area contributed by atoms with E-state index in [0.29, 0.717) is 12.0 Å². The number of aliphatic carboxylic acids is 1. The Labute approximate surface area is 179 Å². The Bertz CT molecular complexity index is 1100. The van der Waals surface area contributed by atoms with Crippen molar-refractivity contribution in [3.63, 3.8) is 0 Å². The number of amides is 1. The van der Waals surface area contributed by atoms with Crippen molar-refractivity contribution in [1.29, 1.82) is 0 Å². The summed E-state index contributed by atoms with van der Waals surface area (Å²) in [6.45, 7) is 3.62. The molecule has 0 bridgehead atoms. The fourth-order valence-electron chi connectivity index (χ4n) is 3.52. The van der Waals surface area contributed by atoms with Gasteiger partial charge in [0.25, 0.3) is 5.91 Å². The third-order valence-corrected chi connectivity index (χ3v) is 5.17. The van der Waals surface area contributed by atoms with Crippen LogP contribution in [0.1, 0.15) is 41.0 Å². The molecular weight excluding hydrogens is 401 g/mol.